The quantitative estimate of drug-likeness (QED) is 0.536. The third-order valence-corrected chi connectivity index (χ3v) is 9.46. The second kappa shape index (κ2) is 9.16. The molecule has 3 atom stereocenters. The van der Waals surface area contributed by atoms with Crippen molar-refractivity contribution >= 4 is 16.3 Å². The molecule has 2 aliphatic carbocycles. The van der Waals surface area contributed by atoms with Crippen molar-refractivity contribution in [3.8, 4) is 23.5 Å². The monoisotopic (exact) mass is 504 g/mol. The van der Waals surface area contributed by atoms with Crippen LogP contribution in [0, 0.1) is 11.3 Å². The molecule has 4 heterocycles. The first-order chi connectivity index (χ1) is 17.5. The fraction of sp³-hybridized carbons (Fsp3) is 0.556. The van der Waals surface area contributed by atoms with Gasteiger partial charge < -0.3 is 15.0 Å². The third kappa shape index (κ3) is 3.70. The fourth-order valence-electron chi connectivity index (χ4n) is 6.70. The smallest absolute Gasteiger partial charge is 0.217 e. The molecule has 1 aliphatic heterocycles. The topological polar surface area (TPSA) is 114 Å². The van der Waals surface area contributed by atoms with E-state index in [1.54, 1.807) is 17.5 Å². The molecule has 0 amide bonds. The Balaban J connectivity index is 1.38. The highest BCUT2D eigenvalue weighted by Crippen LogP contribution is 2.54. The normalized spacial score (nSPS) is 24.6. The minimum atomic E-state index is -0.362. The van der Waals surface area contributed by atoms with E-state index < -0.39 is 0 Å². The summed E-state index contributed by atoms with van der Waals surface area (Å²) < 4.78 is 12.4. The zero-order valence-corrected chi connectivity index (χ0v) is 21.7. The maximum absolute atomic E-state index is 9.97. The number of hydrogen-bond acceptors (Lipinski definition) is 9. The van der Waals surface area contributed by atoms with Gasteiger partial charge in [0.1, 0.15) is 17.2 Å². The molecule has 2 N–H and O–H groups in total. The van der Waals surface area contributed by atoms with Crippen molar-refractivity contribution in [1.82, 2.24) is 20.0 Å². The fourth-order valence-corrected chi connectivity index (χ4v) is 7.86. The van der Waals surface area contributed by atoms with Crippen LogP contribution in [0.25, 0.3) is 11.5 Å². The van der Waals surface area contributed by atoms with Gasteiger partial charge in [0, 0.05) is 28.7 Å². The van der Waals surface area contributed by atoms with Gasteiger partial charge in [-0.15, -0.1) is 11.3 Å². The molecule has 188 valence electrons. The first-order valence-corrected chi connectivity index (χ1v) is 13.8. The molecule has 3 aromatic heterocycles. The second-order valence-electron chi connectivity index (χ2n) is 10.5. The van der Waals surface area contributed by atoms with E-state index in [1.807, 2.05) is 6.07 Å². The lowest BCUT2D eigenvalue weighted by atomic mass is 9.66. The number of rotatable bonds is 4. The van der Waals surface area contributed by atoms with Crippen LogP contribution in [0.4, 0.5) is 5.00 Å². The maximum atomic E-state index is 9.97. The van der Waals surface area contributed by atoms with E-state index in [4.69, 9.17) is 20.0 Å². The summed E-state index contributed by atoms with van der Waals surface area (Å²) in [6.45, 7) is 3.21. The van der Waals surface area contributed by atoms with Crippen molar-refractivity contribution in [2.45, 2.75) is 82.3 Å². The lowest BCUT2D eigenvalue weighted by Gasteiger charge is -2.35. The molecule has 9 heteroatoms. The van der Waals surface area contributed by atoms with Crippen LogP contribution >= 0.6 is 11.3 Å². The summed E-state index contributed by atoms with van der Waals surface area (Å²) in [5.41, 5.74) is 9.40. The van der Waals surface area contributed by atoms with Crippen LogP contribution in [-0.2, 0) is 18.3 Å². The van der Waals surface area contributed by atoms with Gasteiger partial charge in [0.15, 0.2) is 17.3 Å². The van der Waals surface area contributed by atoms with Crippen LogP contribution in [-0.4, -0.2) is 45.8 Å². The summed E-state index contributed by atoms with van der Waals surface area (Å²) in [6.07, 6.45) is 10.9. The summed E-state index contributed by atoms with van der Waals surface area (Å²) in [4.78, 5) is 12.9. The molecule has 0 radical (unpaired) electrons. The van der Waals surface area contributed by atoms with E-state index in [2.05, 4.69) is 35.1 Å². The van der Waals surface area contributed by atoms with Gasteiger partial charge in [-0.25, -0.2) is 4.98 Å². The van der Waals surface area contributed by atoms with Gasteiger partial charge in [0.2, 0.25) is 5.88 Å². The Morgan fingerprint density at radius 2 is 2.14 bits per heavy atom. The van der Waals surface area contributed by atoms with Gasteiger partial charge >= 0.3 is 0 Å². The van der Waals surface area contributed by atoms with E-state index in [-0.39, 0.29) is 11.5 Å². The minimum absolute atomic E-state index is 0.0343. The molecule has 6 rings (SSSR count). The number of ether oxygens (including phenoxy) is 1. The SMILES string of the molecule is CC(Oc1ccnc(-c2noc3c2CCCCC32CCCc3sc(N)c(C#N)c32)n1)C1CCCN1C. The standard InChI is InChI=1S/C27H32N6O2S/c1-16(19-8-6-14-33(19)2)34-21-10-13-30-26(31-21)23-17-7-3-4-11-27(24(17)35-32-23)12-5-9-20-22(27)18(15-28)25(29)36-20/h10,13,16,19H,3-9,11-12,14,29H2,1-2H3. The van der Waals surface area contributed by atoms with Crippen LogP contribution in [0.15, 0.2) is 16.8 Å². The molecule has 0 bridgehead atoms. The highest BCUT2D eigenvalue weighted by Gasteiger charge is 2.47. The molecular weight excluding hydrogens is 472 g/mol. The summed E-state index contributed by atoms with van der Waals surface area (Å²) >= 11 is 1.56. The molecule has 1 saturated heterocycles. The molecule has 0 aromatic carbocycles. The van der Waals surface area contributed by atoms with Gasteiger partial charge in [0.05, 0.1) is 11.0 Å². The van der Waals surface area contributed by atoms with Gasteiger partial charge in [-0.3, -0.25) is 4.90 Å². The van der Waals surface area contributed by atoms with Gasteiger partial charge in [-0.2, -0.15) is 10.2 Å². The highest BCUT2D eigenvalue weighted by molar-refractivity contribution is 7.16. The van der Waals surface area contributed by atoms with Crippen LogP contribution in [0.3, 0.4) is 0 Å². The second-order valence-corrected chi connectivity index (χ2v) is 11.6. The largest absolute Gasteiger partial charge is 0.473 e. The van der Waals surface area contributed by atoms with Crippen molar-refractivity contribution in [2.24, 2.45) is 0 Å². The van der Waals surface area contributed by atoms with E-state index in [9.17, 15) is 5.26 Å². The zero-order chi connectivity index (χ0) is 24.9. The molecular formula is C27H32N6O2S. The van der Waals surface area contributed by atoms with Crippen molar-refractivity contribution in [3.63, 3.8) is 0 Å². The van der Waals surface area contributed by atoms with Gasteiger partial charge in [0.25, 0.3) is 0 Å². The van der Waals surface area contributed by atoms with Crippen LogP contribution in [0.1, 0.15) is 79.2 Å². The lowest BCUT2D eigenvalue weighted by Crippen LogP contribution is -2.38. The molecule has 1 spiro atoms. The van der Waals surface area contributed by atoms with Crippen molar-refractivity contribution in [3.05, 3.63) is 39.6 Å². The first-order valence-electron chi connectivity index (χ1n) is 13.0. The number of thiophene rings is 1. The van der Waals surface area contributed by atoms with Gasteiger partial charge in [-0.05, 0) is 77.4 Å². The Kier molecular flexibility index (Phi) is 5.97. The highest BCUT2D eigenvalue weighted by atomic mass is 32.1. The third-order valence-electron chi connectivity index (χ3n) is 8.38. The average Bonchev–Trinajstić information content (AvgIpc) is 3.55. The van der Waals surface area contributed by atoms with Crippen molar-refractivity contribution in [2.75, 3.05) is 19.3 Å². The van der Waals surface area contributed by atoms with Crippen LogP contribution in [0.2, 0.25) is 0 Å². The Labute approximate surface area is 215 Å². The number of aromatic nitrogens is 3. The number of likely N-dealkylation sites (tertiary alicyclic amines) is 1. The van der Waals surface area contributed by atoms with Crippen LogP contribution in [0.5, 0.6) is 5.88 Å². The van der Waals surface area contributed by atoms with E-state index in [0.29, 0.717) is 34.0 Å². The Morgan fingerprint density at radius 3 is 2.94 bits per heavy atom. The number of aryl methyl sites for hydroxylation is 1. The van der Waals surface area contributed by atoms with E-state index in [0.717, 1.165) is 74.8 Å². The Hall–Kier alpha value is -2.96. The number of nitrogen functional groups attached to an aromatic ring is 1. The zero-order valence-electron chi connectivity index (χ0n) is 20.9. The number of nitriles is 1. The molecule has 8 nitrogen and oxygen atoms in total. The summed E-state index contributed by atoms with van der Waals surface area (Å²) in [6, 6.07) is 4.60. The van der Waals surface area contributed by atoms with Gasteiger partial charge in [-0.1, -0.05) is 11.6 Å². The van der Waals surface area contributed by atoms with E-state index >= 15 is 0 Å². The molecule has 36 heavy (non-hydrogen) atoms. The minimum Gasteiger partial charge on any atom is -0.473 e. The number of nitrogens with two attached hydrogens (primary N) is 1. The summed E-state index contributed by atoms with van der Waals surface area (Å²) in [7, 11) is 2.15. The summed E-state index contributed by atoms with van der Waals surface area (Å²) in [5.74, 6) is 1.97. The number of nitrogens with zero attached hydrogens (tertiary/aromatic N) is 5. The predicted molar refractivity (Wildman–Crippen MR) is 138 cm³/mol. The Morgan fingerprint density at radius 1 is 1.28 bits per heavy atom. The molecule has 3 unspecified atom stereocenters. The first kappa shape index (κ1) is 23.4. The maximum Gasteiger partial charge on any atom is 0.217 e. The predicted octanol–water partition coefficient (Wildman–Crippen LogP) is 4.86. The van der Waals surface area contributed by atoms with E-state index in [1.165, 1.54) is 11.3 Å². The van der Waals surface area contributed by atoms with Crippen LogP contribution < -0.4 is 10.5 Å². The number of hydrogen-bond donors (Lipinski definition) is 1. The molecule has 3 aromatic rings. The average molecular weight is 505 g/mol. The number of fused-ring (bicyclic) bond motifs is 4. The van der Waals surface area contributed by atoms with Crippen molar-refractivity contribution in [1.29, 1.82) is 5.26 Å². The van der Waals surface area contributed by atoms with Crippen molar-refractivity contribution < 1.29 is 9.26 Å². The molecule has 1 fully saturated rings. The molecule has 0 saturated carbocycles. The summed E-state index contributed by atoms with van der Waals surface area (Å²) in [5, 5.41) is 15.1. The molecule has 3 aliphatic rings. The number of likely N-dealkylation sites (N-methyl/N-ethyl adjacent to an activating group) is 1. The lowest BCUT2D eigenvalue weighted by molar-refractivity contribution is 0.117. The Bertz CT molecular complexity index is 1330. The number of anilines is 1.